The Kier molecular flexibility index (Phi) is 4.21. The van der Waals surface area contributed by atoms with Crippen LogP contribution in [0.4, 0.5) is 0 Å². The lowest BCUT2D eigenvalue weighted by Gasteiger charge is -2.07. The first-order valence-electron chi connectivity index (χ1n) is 5.45. The van der Waals surface area contributed by atoms with Crippen LogP contribution in [0.15, 0.2) is 28.6 Å². The summed E-state index contributed by atoms with van der Waals surface area (Å²) in [6, 6.07) is 8.90. The summed E-state index contributed by atoms with van der Waals surface area (Å²) in [5.74, 6) is 1.13. The summed E-state index contributed by atoms with van der Waals surface area (Å²) in [5.41, 5.74) is 1.12. The van der Waals surface area contributed by atoms with Gasteiger partial charge in [0.2, 0.25) is 0 Å². The van der Waals surface area contributed by atoms with E-state index < -0.39 is 0 Å². The zero-order valence-electron chi connectivity index (χ0n) is 9.56. The Morgan fingerprint density at radius 3 is 3.00 bits per heavy atom. The van der Waals surface area contributed by atoms with Crippen LogP contribution < -0.4 is 5.32 Å². The first-order chi connectivity index (χ1) is 7.79. The van der Waals surface area contributed by atoms with Crippen molar-refractivity contribution in [1.29, 1.82) is 0 Å². The number of thiazole rings is 1. The second-order valence-electron chi connectivity index (χ2n) is 3.77. The second kappa shape index (κ2) is 5.66. The van der Waals surface area contributed by atoms with Crippen LogP contribution >= 0.6 is 23.1 Å². The monoisotopic (exact) mass is 252 g/mol. The fraction of sp³-hybridized carbons (Fsp3) is 0.417. The highest BCUT2D eigenvalue weighted by Crippen LogP contribution is 2.29. The van der Waals surface area contributed by atoms with E-state index in [2.05, 4.69) is 35.4 Å². The number of para-hydroxylation sites is 1. The number of nitrogens with one attached hydrogen (secondary N) is 1. The average Bonchev–Trinajstić information content (AvgIpc) is 2.71. The third-order valence-corrected chi connectivity index (χ3v) is 4.76. The molecule has 16 heavy (non-hydrogen) atoms. The molecular formula is C12H16N2S2. The number of benzene rings is 1. The second-order valence-corrected chi connectivity index (χ2v) is 6.15. The van der Waals surface area contributed by atoms with Gasteiger partial charge in [0, 0.05) is 11.8 Å². The summed E-state index contributed by atoms with van der Waals surface area (Å²) >= 11 is 3.65. The Hall–Kier alpha value is -0.580. The van der Waals surface area contributed by atoms with Gasteiger partial charge in [-0.2, -0.15) is 0 Å². The third kappa shape index (κ3) is 2.97. The molecule has 0 amide bonds. The van der Waals surface area contributed by atoms with E-state index in [4.69, 9.17) is 0 Å². The smallest absolute Gasteiger partial charge is 0.151 e. The van der Waals surface area contributed by atoms with Gasteiger partial charge in [0.25, 0.3) is 0 Å². The van der Waals surface area contributed by atoms with Crippen molar-refractivity contribution in [3.63, 3.8) is 0 Å². The molecule has 1 aromatic carbocycles. The Balaban J connectivity index is 1.94. The number of rotatable bonds is 5. The SMILES string of the molecule is CNC(C)CCSc1nc2ccccc2s1. The summed E-state index contributed by atoms with van der Waals surface area (Å²) < 4.78 is 2.47. The normalized spacial score (nSPS) is 13.1. The van der Waals surface area contributed by atoms with Crippen molar-refractivity contribution < 1.29 is 0 Å². The molecule has 0 saturated carbocycles. The van der Waals surface area contributed by atoms with E-state index in [-0.39, 0.29) is 0 Å². The molecule has 1 unspecified atom stereocenters. The highest BCUT2D eigenvalue weighted by molar-refractivity contribution is 8.01. The van der Waals surface area contributed by atoms with Crippen LogP contribution in [0, 0.1) is 0 Å². The third-order valence-electron chi connectivity index (χ3n) is 2.54. The summed E-state index contributed by atoms with van der Waals surface area (Å²) in [6.45, 7) is 2.21. The first-order valence-corrected chi connectivity index (χ1v) is 7.25. The molecule has 2 nitrogen and oxygen atoms in total. The maximum Gasteiger partial charge on any atom is 0.151 e. The van der Waals surface area contributed by atoms with Crippen molar-refractivity contribution in [3.05, 3.63) is 24.3 Å². The lowest BCUT2D eigenvalue weighted by atomic mass is 10.3. The molecule has 0 spiro atoms. The largest absolute Gasteiger partial charge is 0.317 e. The zero-order valence-corrected chi connectivity index (χ0v) is 11.2. The maximum absolute atomic E-state index is 4.60. The number of nitrogens with zero attached hydrogens (tertiary/aromatic N) is 1. The standard InChI is InChI=1S/C12H16N2S2/c1-9(13-2)7-8-15-12-14-10-5-3-4-6-11(10)16-12/h3-6,9,13H,7-8H2,1-2H3. The van der Waals surface area contributed by atoms with Gasteiger partial charge in [-0.1, -0.05) is 23.9 Å². The summed E-state index contributed by atoms with van der Waals surface area (Å²) in [5, 5.41) is 3.25. The molecule has 1 N–H and O–H groups in total. The molecule has 0 aliphatic heterocycles. The number of hydrogen-bond donors (Lipinski definition) is 1. The Labute approximate surface area is 104 Å². The average molecular weight is 252 g/mol. The van der Waals surface area contributed by atoms with Crippen LogP contribution in [-0.2, 0) is 0 Å². The number of aromatic nitrogens is 1. The zero-order chi connectivity index (χ0) is 11.4. The van der Waals surface area contributed by atoms with Crippen LogP contribution in [0.25, 0.3) is 10.2 Å². The molecule has 2 aromatic rings. The van der Waals surface area contributed by atoms with Crippen molar-refractivity contribution in [1.82, 2.24) is 10.3 Å². The fourth-order valence-corrected chi connectivity index (χ4v) is 3.64. The first kappa shape index (κ1) is 11.9. The summed E-state index contributed by atoms with van der Waals surface area (Å²) in [7, 11) is 2.01. The minimum absolute atomic E-state index is 0.585. The number of hydrogen-bond acceptors (Lipinski definition) is 4. The van der Waals surface area contributed by atoms with Gasteiger partial charge in [-0.25, -0.2) is 4.98 Å². The molecule has 0 aliphatic rings. The van der Waals surface area contributed by atoms with Gasteiger partial charge >= 0.3 is 0 Å². The molecular weight excluding hydrogens is 236 g/mol. The number of thioether (sulfide) groups is 1. The lowest BCUT2D eigenvalue weighted by Crippen LogP contribution is -2.21. The number of fused-ring (bicyclic) bond motifs is 1. The van der Waals surface area contributed by atoms with E-state index in [1.807, 2.05) is 24.9 Å². The molecule has 2 rings (SSSR count). The highest BCUT2D eigenvalue weighted by Gasteiger charge is 2.04. The highest BCUT2D eigenvalue weighted by atomic mass is 32.2. The summed E-state index contributed by atoms with van der Waals surface area (Å²) in [6.07, 6.45) is 1.18. The minimum Gasteiger partial charge on any atom is -0.317 e. The molecule has 0 aliphatic carbocycles. The molecule has 1 atom stereocenters. The van der Waals surface area contributed by atoms with Gasteiger partial charge in [0.05, 0.1) is 10.2 Å². The molecule has 0 bridgehead atoms. The molecule has 1 aromatic heterocycles. The van der Waals surface area contributed by atoms with Gasteiger partial charge in [-0.05, 0) is 32.5 Å². The molecule has 0 radical (unpaired) electrons. The lowest BCUT2D eigenvalue weighted by molar-refractivity contribution is 0.598. The molecule has 0 fully saturated rings. The molecule has 1 heterocycles. The van der Waals surface area contributed by atoms with E-state index in [9.17, 15) is 0 Å². The predicted molar refractivity (Wildman–Crippen MR) is 73.5 cm³/mol. The Morgan fingerprint density at radius 2 is 2.25 bits per heavy atom. The van der Waals surface area contributed by atoms with Crippen LogP contribution in [0.2, 0.25) is 0 Å². The van der Waals surface area contributed by atoms with Crippen molar-refractivity contribution >= 4 is 33.3 Å². The minimum atomic E-state index is 0.585. The maximum atomic E-state index is 4.60. The van der Waals surface area contributed by atoms with Crippen molar-refractivity contribution in [2.45, 2.75) is 23.7 Å². The summed E-state index contributed by atoms with van der Waals surface area (Å²) in [4.78, 5) is 4.60. The van der Waals surface area contributed by atoms with Gasteiger partial charge in [0.15, 0.2) is 4.34 Å². The predicted octanol–water partition coefficient (Wildman–Crippen LogP) is 3.39. The quantitative estimate of drug-likeness (QED) is 0.826. The van der Waals surface area contributed by atoms with Crippen molar-refractivity contribution in [2.24, 2.45) is 0 Å². The van der Waals surface area contributed by atoms with Crippen molar-refractivity contribution in [3.8, 4) is 0 Å². The van der Waals surface area contributed by atoms with E-state index >= 15 is 0 Å². The fourth-order valence-electron chi connectivity index (χ4n) is 1.38. The Morgan fingerprint density at radius 1 is 1.44 bits per heavy atom. The van der Waals surface area contributed by atoms with Crippen LogP contribution in [0.1, 0.15) is 13.3 Å². The van der Waals surface area contributed by atoms with Crippen molar-refractivity contribution in [2.75, 3.05) is 12.8 Å². The van der Waals surface area contributed by atoms with E-state index in [1.165, 1.54) is 15.5 Å². The van der Waals surface area contributed by atoms with Gasteiger partial charge in [-0.3, -0.25) is 0 Å². The molecule has 4 heteroatoms. The van der Waals surface area contributed by atoms with Gasteiger partial charge in [-0.15, -0.1) is 11.3 Å². The molecule has 86 valence electrons. The molecule has 0 saturated heterocycles. The van der Waals surface area contributed by atoms with E-state index in [0.717, 1.165) is 11.3 Å². The Bertz CT molecular complexity index is 420. The van der Waals surface area contributed by atoms with Crippen LogP contribution in [0.3, 0.4) is 0 Å². The topological polar surface area (TPSA) is 24.9 Å². The van der Waals surface area contributed by atoms with Gasteiger partial charge < -0.3 is 5.32 Å². The van der Waals surface area contributed by atoms with E-state index in [1.54, 1.807) is 11.3 Å². The van der Waals surface area contributed by atoms with E-state index in [0.29, 0.717) is 6.04 Å². The van der Waals surface area contributed by atoms with Crippen LogP contribution in [-0.4, -0.2) is 23.8 Å². The van der Waals surface area contributed by atoms with Gasteiger partial charge in [0.1, 0.15) is 0 Å². The van der Waals surface area contributed by atoms with Crippen LogP contribution in [0.5, 0.6) is 0 Å².